The molecular weight excluding hydrogens is 428 g/mol. The van der Waals surface area contributed by atoms with E-state index >= 15 is 0 Å². The van der Waals surface area contributed by atoms with E-state index in [1.54, 1.807) is 55.3 Å². The molecule has 8 heteroatoms. The van der Waals surface area contributed by atoms with E-state index in [2.05, 4.69) is 4.72 Å². The monoisotopic (exact) mass is 452 g/mol. The van der Waals surface area contributed by atoms with Crippen molar-refractivity contribution in [3.8, 4) is 11.5 Å². The molecule has 166 valence electrons. The number of benzene rings is 3. The van der Waals surface area contributed by atoms with Crippen LogP contribution in [0.2, 0.25) is 0 Å². The van der Waals surface area contributed by atoms with Gasteiger partial charge in [-0.25, -0.2) is 8.42 Å². The molecule has 0 aromatic heterocycles. The summed E-state index contributed by atoms with van der Waals surface area (Å²) in [5.41, 5.74) is 1.99. The Morgan fingerprint density at radius 2 is 1.78 bits per heavy atom. The Kier molecular flexibility index (Phi) is 6.05. The highest BCUT2D eigenvalue weighted by molar-refractivity contribution is 7.92. The molecule has 1 N–H and O–H groups in total. The molecule has 1 aliphatic heterocycles. The molecule has 0 saturated carbocycles. The highest BCUT2D eigenvalue weighted by atomic mass is 32.2. The third-order valence-electron chi connectivity index (χ3n) is 5.24. The summed E-state index contributed by atoms with van der Waals surface area (Å²) >= 11 is 0. The van der Waals surface area contributed by atoms with Gasteiger partial charge in [0.1, 0.15) is 11.5 Å². The zero-order valence-electron chi connectivity index (χ0n) is 17.8. The Balaban J connectivity index is 1.62. The molecule has 0 bridgehead atoms. The van der Waals surface area contributed by atoms with E-state index in [0.717, 1.165) is 5.56 Å². The summed E-state index contributed by atoms with van der Waals surface area (Å²) < 4.78 is 39.3. The fraction of sp³-hybridized carbons (Fsp3) is 0.208. The number of sulfonamides is 1. The molecule has 1 atom stereocenters. The zero-order valence-corrected chi connectivity index (χ0v) is 18.6. The molecule has 32 heavy (non-hydrogen) atoms. The van der Waals surface area contributed by atoms with Crippen molar-refractivity contribution < 1.29 is 22.7 Å². The number of nitrogens with one attached hydrogen (secondary N) is 1. The van der Waals surface area contributed by atoms with Crippen LogP contribution >= 0.6 is 0 Å². The summed E-state index contributed by atoms with van der Waals surface area (Å²) in [4.78, 5) is 14.8. The Morgan fingerprint density at radius 3 is 2.53 bits per heavy atom. The third kappa shape index (κ3) is 4.55. The van der Waals surface area contributed by atoms with E-state index in [9.17, 15) is 13.2 Å². The van der Waals surface area contributed by atoms with Crippen molar-refractivity contribution in [1.82, 2.24) is 4.90 Å². The van der Waals surface area contributed by atoms with Gasteiger partial charge in [-0.15, -0.1) is 0 Å². The van der Waals surface area contributed by atoms with Gasteiger partial charge < -0.3 is 14.4 Å². The number of amides is 1. The van der Waals surface area contributed by atoms with Crippen LogP contribution in [-0.4, -0.2) is 32.4 Å². The number of hydrogen-bond acceptors (Lipinski definition) is 5. The van der Waals surface area contributed by atoms with Crippen molar-refractivity contribution in [3.05, 3.63) is 83.9 Å². The van der Waals surface area contributed by atoms with Crippen LogP contribution in [0, 0.1) is 0 Å². The molecular formula is C24H24N2O5S. The average Bonchev–Trinajstić information content (AvgIpc) is 2.91. The van der Waals surface area contributed by atoms with Gasteiger partial charge in [-0.2, -0.15) is 0 Å². The molecule has 0 radical (unpaired) electrons. The lowest BCUT2D eigenvalue weighted by molar-refractivity contribution is -0.138. The molecule has 0 fully saturated rings. The predicted octanol–water partition coefficient (Wildman–Crippen LogP) is 3.81. The quantitative estimate of drug-likeness (QED) is 0.615. The molecule has 0 aliphatic carbocycles. The third-order valence-corrected chi connectivity index (χ3v) is 6.64. The zero-order chi connectivity index (χ0) is 22.7. The van der Waals surface area contributed by atoms with Crippen molar-refractivity contribution in [2.75, 3.05) is 11.8 Å². The van der Waals surface area contributed by atoms with Crippen LogP contribution in [0.5, 0.6) is 11.5 Å². The fourth-order valence-corrected chi connectivity index (χ4v) is 4.72. The van der Waals surface area contributed by atoms with Gasteiger partial charge in [0.2, 0.25) is 0 Å². The topological polar surface area (TPSA) is 84.9 Å². The number of fused-ring (bicyclic) bond motifs is 1. The molecule has 0 spiro atoms. The van der Waals surface area contributed by atoms with Gasteiger partial charge in [-0.1, -0.05) is 36.4 Å². The van der Waals surface area contributed by atoms with E-state index < -0.39 is 16.1 Å². The summed E-state index contributed by atoms with van der Waals surface area (Å²) in [6.45, 7) is 2.33. The molecule has 1 heterocycles. The first-order valence-electron chi connectivity index (χ1n) is 10.2. The minimum absolute atomic E-state index is 0.154. The first-order chi connectivity index (χ1) is 15.4. The SMILES string of the molecule is COc1ccccc1CN1Cc2cc(NS(=O)(=O)c3ccccc3)ccc2OC(C)C1=O. The molecule has 1 unspecified atom stereocenters. The van der Waals surface area contributed by atoms with Crippen molar-refractivity contribution in [2.45, 2.75) is 31.0 Å². The largest absolute Gasteiger partial charge is 0.496 e. The first-order valence-corrected chi connectivity index (χ1v) is 11.6. The van der Waals surface area contributed by atoms with Crippen LogP contribution in [-0.2, 0) is 27.9 Å². The molecule has 0 saturated heterocycles. The lowest BCUT2D eigenvalue weighted by atomic mass is 10.1. The summed E-state index contributed by atoms with van der Waals surface area (Å²) in [7, 11) is -2.14. The molecule has 1 aliphatic rings. The highest BCUT2D eigenvalue weighted by Gasteiger charge is 2.29. The van der Waals surface area contributed by atoms with E-state index in [4.69, 9.17) is 9.47 Å². The van der Waals surface area contributed by atoms with Crippen LogP contribution in [0.3, 0.4) is 0 Å². The second kappa shape index (κ2) is 8.92. The number of methoxy groups -OCH3 is 1. The van der Waals surface area contributed by atoms with Crippen LogP contribution in [0.25, 0.3) is 0 Å². The van der Waals surface area contributed by atoms with Crippen molar-refractivity contribution in [2.24, 2.45) is 0 Å². The maximum Gasteiger partial charge on any atom is 0.263 e. The average molecular weight is 453 g/mol. The summed E-state index contributed by atoms with van der Waals surface area (Å²) in [6.07, 6.45) is -0.669. The highest BCUT2D eigenvalue weighted by Crippen LogP contribution is 2.31. The fourth-order valence-electron chi connectivity index (χ4n) is 3.65. The van der Waals surface area contributed by atoms with Crippen molar-refractivity contribution >= 4 is 21.6 Å². The van der Waals surface area contributed by atoms with E-state index in [1.807, 2.05) is 24.3 Å². The number of nitrogens with zero attached hydrogens (tertiary/aromatic N) is 1. The molecule has 7 nitrogen and oxygen atoms in total. The van der Waals surface area contributed by atoms with E-state index in [1.165, 1.54) is 12.1 Å². The minimum atomic E-state index is -3.73. The van der Waals surface area contributed by atoms with Gasteiger partial charge in [0.25, 0.3) is 15.9 Å². The van der Waals surface area contributed by atoms with E-state index in [-0.39, 0.29) is 17.3 Å². The van der Waals surface area contributed by atoms with Crippen LogP contribution in [0.15, 0.2) is 77.7 Å². The summed E-state index contributed by atoms with van der Waals surface area (Å²) in [5, 5.41) is 0. The van der Waals surface area contributed by atoms with Gasteiger partial charge in [-0.05, 0) is 43.3 Å². The lowest BCUT2D eigenvalue weighted by Gasteiger charge is -2.23. The van der Waals surface area contributed by atoms with Crippen LogP contribution < -0.4 is 14.2 Å². The number of ether oxygens (including phenoxy) is 2. The van der Waals surface area contributed by atoms with Gasteiger partial charge in [0.05, 0.1) is 12.0 Å². The number of hydrogen-bond donors (Lipinski definition) is 1. The summed E-state index contributed by atoms with van der Waals surface area (Å²) in [6, 6.07) is 20.7. The molecule has 4 rings (SSSR count). The lowest BCUT2D eigenvalue weighted by Crippen LogP contribution is -2.37. The normalized spacial score (nSPS) is 16.0. The maximum atomic E-state index is 13.0. The van der Waals surface area contributed by atoms with Crippen LogP contribution in [0.1, 0.15) is 18.1 Å². The number of carbonyl (C=O) groups is 1. The van der Waals surface area contributed by atoms with Crippen LogP contribution in [0.4, 0.5) is 5.69 Å². The second-order valence-electron chi connectivity index (χ2n) is 7.51. The molecule has 3 aromatic carbocycles. The maximum absolute atomic E-state index is 13.0. The second-order valence-corrected chi connectivity index (χ2v) is 9.19. The van der Waals surface area contributed by atoms with E-state index in [0.29, 0.717) is 29.3 Å². The Labute approximate surface area is 187 Å². The first kappa shape index (κ1) is 21.7. The minimum Gasteiger partial charge on any atom is -0.496 e. The van der Waals surface area contributed by atoms with Gasteiger partial charge in [-0.3, -0.25) is 9.52 Å². The molecule has 3 aromatic rings. The number of rotatable bonds is 6. The predicted molar refractivity (Wildman–Crippen MR) is 121 cm³/mol. The number of carbonyl (C=O) groups excluding carboxylic acids is 1. The number of para-hydroxylation sites is 1. The Morgan fingerprint density at radius 1 is 1.06 bits per heavy atom. The number of anilines is 1. The summed E-state index contributed by atoms with van der Waals surface area (Å²) in [5.74, 6) is 1.09. The standard InChI is InChI=1S/C24H24N2O5S/c1-17-24(27)26(15-18-8-6-7-11-22(18)30-2)16-19-14-20(12-13-23(19)31-17)25-32(28,29)21-9-4-3-5-10-21/h3-14,17,25H,15-16H2,1-2H3. The Bertz CT molecular complexity index is 1230. The van der Waals surface area contributed by atoms with Crippen molar-refractivity contribution in [1.29, 1.82) is 0 Å². The van der Waals surface area contributed by atoms with Gasteiger partial charge in [0.15, 0.2) is 6.10 Å². The van der Waals surface area contributed by atoms with Gasteiger partial charge >= 0.3 is 0 Å². The molecule has 1 amide bonds. The van der Waals surface area contributed by atoms with Gasteiger partial charge in [0, 0.05) is 29.9 Å². The Hall–Kier alpha value is -3.52. The smallest absolute Gasteiger partial charge is 0.263 e. The van der Waals surface area contributed by atoms with Crippen molar-refractivity contribution in [3.63, 3.8) is 0 Å².